The smallest absolute Gasteiger partial charge is 0.387 e. The normalized spacial score (nSPS) is 10.8. The number of ether oxygens (including phenoxy) is 1. The van der Waals surface area contributed by atoms with Crippen molar-refractivity contribution < 1.29 is 22.3 Å². The van der Waals surface area contributed by atoms with E-state index in [-0.39, 0.29) is 4.47 Å². The summed E-state index contributed by atoms with van der Waals surface area (Å²) in [6.45, 7) is -3.09. The Labute approximate surface area is 93.3 Å². The minimum atomic E-state index is -3.09. The maximum Gasteiger partial charge on any atom is 0.387 e. The van der Waals surface area contributed by atoms with Crippen LogP contribution >= 0.6 is 31.9 Å². The van der Waals surface area contributed by atoms with Crippen molar-refractivity contribution in [2.75, 3.05) is 0 Å². The minimum absolute atomic E-state index is 0.283. The zero-order valence-electron chi connectivity index (χ0n) is 6.33. The summed E-state index contributed by atoms with van der Waals surface area (Å²) in [5.41, 5.74) is 0. The van der Waals surface area contributed by atoms with Crippen molar-refractivity contribution in [3.05, 3.63) is 26.6 Å². The predicted octanol–water partition coefficient (Wildman–Crippen LogP) is 4.09. The van der Waals surface area contributed by atoms with E-state index in [9.17, 15) is 17.6 Å². The Bertz CT molecular complexity index is 356. The average Bonchev–Trinajstić information content (AvgIpc) is 2.10. The van der Waals surface area contributed by atoms with E-state index >= 15 is 0 Å². The molecule has 0 N–H and O–H groups in total. The van der Waals surface area contributed by atoms with Crippen LogP contribution in [-0.2, 0) is 0 Å². The van der Waals surface area contributed by atoms with Crippen LogP contribution in [0.3, 0.4) is 0 Å². The number of hydrogen-bond acceptors (Lipinski definition) is 1. The molecular weight excluding hydrogens is 336 g/mol. The summed E-state index contributed by atoms with van der Waals surface area (Å²) in [7, 11) is 0. The number of halogens is 6. The molecule has 0 unspecified atom stereocenters. The maximum absolute atomic E-state index is 12.9. The molecule has 0 heterocycles. The first-order valence-electron chi connectivity index (χ1n) is 3.21. The Balaban J connectivity index is 3.19. The second-order valence-electron chi connectivity index (χ2n) is 2.18. The van der Waals surface area contributed by atoms with Crippen molar-refractivity contribution in [2.45, 2.75) is 6.61 Å². The average molecular weight is 338 g/mol. The van der Waals surface area contributed by atoms with Crippen molar-refractivity contribution in [3.8, 4) is 5.75 Å². The van der Waals surface area contributed by atoms with Gasteiger partial charge in [-0.15, -0.1) is 0 Å². The predicted molar refractivity (Wildman–Crippen MR) is 48.4 cm³/mol. The lowest BCUT2D eigenvalue weighted by molar-refractivity contribution is -0.0506. The van der Waals surface area contributed by atoms with Gasteiger partial charge < -0.3 is 4.74 Å². The standard InChI is InChI=1S/C7H2Br2F4O/c8-2-1-3(14-7(12)13)4(9)6(11)5(2)10/h1,7H. The van der Waals surface area contributed by atoms with Crippen molar-refractivity contribution in [3.63, 3.8) is 0 Å². The molecule has 1 aromatic carbocycles. The van der Waals surface area contributed by atoms with Gasteiger partial charge in [-0.2, -0.15) is 8.78 Å². The molecular formula is C7H2Br2F4O. The molecule has 0 saturated carbocycles. The van der Waals surface area contributed by atoms with Gasteiger partial charge in [0.2, 0.25) is 0 Å². The summed E-state index contributed by atoms with van der Waals surface area (Å²) in [5, 5.41) is 0. The molecule has 1 rings (SSSR count). The Morgan fingerprint density at radius 2 is 1.71 bits per heavy atom. The van der Waals surface area contributed by atoms with Gasteiger partial charge in [-0.3, -0.25) is 0 Å². The number of alkyl halides is 2. The van der Waals surface area contributed by atoms with Crippen LogP contribution in [0.4, 0.5) is 17.6 Å². The SMILES string of the molecule is Fc1c(Br)cc(OC(F)F)c(Br)c1F. The largest absolute Gasteiger partial charge is 0.433 e. The van der Waals surface area contributed by atoms with Crippen LogP contribution in [-0.4, -0.2) is 6.61 Å². The van der Waals surface area contributed by atoms with Gasteiger partial charge in [0.25, 0.3) is 0 Å². The summed E-state index contributed by atoms with van der Waals surface area (Å²) < 4.78 is 52.5. The van der Waals surface area contributed by atoms with Gasteiger partial charge in [-0.25, -0.2) is 8.78 Å². The van der Waals surface area contributed by atoms with Gasteiger partial charge >= 0.3 is 6.61 Å². The Kier molecular flexibility index (Phi) is 3.77. The molecule has 7 heteroatoms. The highest BCUT2D eigenvalue weighted by molar-refractivity contribution is 9.11. The Hall–Kier alpha value is -0.300. The molecule has 0 saturated heterocycles. The van der Waals surface area contributed by atoms with E-state index in [0.29, 0.717) is 0 Å². The van der Waals surface area contributed by atoms with Gasteiger partial charge in [-0.1, -0.05) is 0 Å². The van der Waals surface area contributed by atoms with E-state index in [4.69, 9.17) is 0 Å². The Morgan fingerprint density at radius 1 is 1.14 bits per heavy atom. The van der Waals surface area contributed by atoms with Gasteiger partial charge in [0, 0.05) is 0 Å². The van der Waals surface area contributed by atoms with E-state index in [1.807, 2.05) is 0 Å². The van der Waals surface area contributed by atoms with Gasteiger partial charge in [0.1, 0.15) is 5.75 Å². The van der Waals surface area contributed by atoms with E-state index < -0.39 is 28.5 Å². The quantitative estimate of drug-likeness (QED) is 0.448. The van der Waals surface area contributed by atoms with Crippen molar-refractivity contribution in [1.29, 1.82) is 0 Å². The van der Waals surface area contributed by atoms with Gasteiger partial charge in [0.15, 0.2) is 11.6 Å². The first-order valence-corrected chi connectivity index (χ1v) is 4.80. The molecule has 0 aliphatic rings. The zero-order chi connectivity index (χ0) is 10.9. The molecule has 0 aliphatic heterocycles. The number of hydrogen-bond donors (Lipinski definition) is 0. The molecule has 0 atom stereocenters. The molecule has 0 aromatic heterocycles. The highest BCUT2D eigenvalue weighted by Crippen LogP contribution is 2.34. The van der Waals surface area contributed by atoms with Crippen LogP contribution in [0.5, 0.6) is 5.75 Å². The van der Waals surface area contributed by atoms with Crippen molar-refractivity contribution >= 4 is 31.9 Å². The van der Waals surface area contributed by atoms with Crippen LogP contribution < -0.4 is 4.74 Å². The molecule has 0 amide bonds. The first-order chi connectivity index (χ1) is 6.43. The molecule has 0 radical (unpaired) electrons. The Morgan fingerprint density at radius 3 is 2.21 bits per heavy atom. The molecule has 0 spiro atoms. The number of rotatable bonds is 2. The van der Waals surface area contributed by atoms with Crippen LogP contribution in [0, 0.1) is 11.6 Å². The fraction of sp³-hybridized carbons (Fsp3) is 0.143. The monoisotopic (exact) mass is 336 g/mol. The first kappa shape index (κ1) is 11.8. The van der Waals surface area contributed by atoms with Crippen LogP contribution in [0.2, 0.25) is 0 Å². The third kappa shape index (κ3) is 2.38. The van der Waals surface area contributed by atoms with E-state index in [2.05, 4.69) is 36.6 Å². The van der Waals surface area contributed by atoms with Gasteiger partial charge in [-0.05, 0) is 37.9 Å². The summed E-state index contributed by atoms with van der Waals surface area (Å²) in [4.78, 5) is 0. The van der Waals surface area contributed by atoms with Crippen LogP contribution in [0.1, 0.15) is 0 Å². The van der Waals surface area contributed by atoms with Crippen LogP contribution in [0.15, 0.2) is 15.0 Å². The number of benzene rings is 1. The molecule has 78 valence electrons. The van der Waals surface area contributed by atoms with E-state index in [0.717, 1.165) is 6.07 Å². The molecule has 0 bridgehead atoms. The topological polar surface area (TPSA) is 9.23 Å². The van der Waals surface area contributed by atoms with Crippen molar-refractivity contribution in [1.82, 2.24) is 0 Å². The lowest BCUT2D eigenvalue weighted by Gasteiger charge is -2.08. The molecule has 14 heavy (non-hydrogen) atoms. The van der Waals surface area contributed by atoms with E-state index in [1.165, 1.54) is 0 Å². The lowest BCUT2D eigenvalue weighted by atomic mass is 10.3. The fourth-order valence-corrected chi connectivity index (χ4v) is 1.50. The maximum atomic E-state index is 12.9. The molecule has 1 aromatic rings. The van der Waals surface area contributed by atoms with Crippen LogP contribution in [0.25, 0.3) is 0 Å². The minimum Gasteiger partial charge on any atom is -0.433 e. The van der Waals surface area contributed by atoms with Gasteiger partial charge in [0.05, 0.1) is 8.95 Å². The molecule has 0 fully saturated rings. The highest BCUT2D eigenvalue weighted by atomic mass is 79.9. The summed E-state index contributed by atoms with van der Waals surface area (Å²) in [5.74, 6) is -2.92. The summed E-state index contributed by atoms with van der Waals surface area (Å²) in [6, 6.07) is 0.911. The summed E-state index contributed by atoms with van der Waals surface area (Å²) >= 11 is 5.26. The third-order valence-electron chi connectivity index (χ3n) is 1.29. The second-order valence-corrected chi connectivity index (χ2v) is 3.82. The van der Waals surface area contributed by atoms with Crippen molar-refractivity contribution in [2.24, 2.45) is 0 Å². The fourth-order valence-electron chi connectivity index (χ4n) is 0.733. The second kappa shape index (κ2) is 4.48. The molecule has 0 aliphatic carbocycles. The molecule has 1 nitrogen and oxygen atoms in total. The highest BCUT2D eigenvalue weighted by Gasteiger charge is 2.18. The van der Waals surface area contributed by atoms with E-state index in [1.54, 1.807) is 0 Å². The lowest BCUT2D eigenvalue weighted by Crippen LogP contribution is -2.04. The zero-order valence-corrected chi connectivity index (χ0v) is 9.50. The summed E-state index contributed by atoms with van der Waals surface area (Å²) in [6.07, 6.45) is 0. The third-order valence-corrected chi connectivity index (χ3v) is 2.60.